The second-order valence-electron chi connectivity index (χ2n) is 7.56. The minimum absolute atomic E-state index is 0.0848. The number of benzene rings is 1. The van der Waals surface area contributed by atoms with E-state index in [1.165, 1.54) is 5.56 Å². The Balaban J connectivity index is 1.88. The summed E-state index contributed by atoms with van der Waals surface area (Å²) in [6.07, 6.45) is 2.15. The maximum absolute atomic E-state index is 12.6. The van der Waals surface area contributed by atoms with Crippen molar-refractivity contribution in [2.24, 2.45) is 0 Å². The van der Waals surface area contributed by atoms with Gasteiger partial charge in [0.05, 0.1) is 11.0 Å². The Bertz CT molecular complexity index is 715. The molecule has 2 aliphatic heterocycles. The minimum Gasteiger partial charge on any atom is -0.481 e. The molecule has 1 saturated carbocycles. The van der Waals surface area contributed by atoms with E-state index in [1.54, 1.807) is 0 Å². The van der Waals surface area contributed by atoms with Crippen LogP contribution in [0.5, 0.6) is 5.75 Å². The Labute approximate surface area is 130 Å². The molecule has 4 aliphatic rings. The van der Waals surface area contributed by atoms with Crippen LogP contribution in [0.15, 0.2) is 12.1 Å². The number of nitrogens with zero attached hydrogens (tertiary/aromatic N) is 1. The van der Waals surface area contributed by atoms with E-state index in [0.717, 1.165) is 36.3 Å². The first-order valence-electron chi connectivity index (χ1n) is 8.24. The number of hydrogen-bond acceptors (Lipinski definition) is 4. The summed E-state index contributed by atoms with van der Waals surface area (Å²) >= 11 is 0. The highest BCUT2D eigenvalue weighted by Crippen LogP contribution is 2.63. The Morgan fingerprint density at radius 3 is 3.00 bits per heavy atom. The van der Waals surface area contributed by atoms with Crippen molar-refractivity contribution in [3.8, 4) is 5.75 Å². The van der Waals surface area contributed by atoms with Crippen LogP contribution in [-0.4, -0.2) is 47.1 Å². The molecule has 0 aromatic heterocycles. The van der Waals surface area contributed by atoms with E-state index in [2.05, 4.69) is 24.1 Å². The van der Waals surface area contributed by atoms with Crippen molar-refractivity contribution >= 4 is 5.78 Å². The normalized spacial score (nSPS) is 42.0. The number of rotatable bonds is 0. The Hall–Kier alpha value is -1.39. The highest BCUT2D eigenvalue weighted by Gasteiger charge is 2.72. The van der Waals surface area contributed by atoms with Crippen molar-refractivity contribution in [2.75, 3.05) is 13.6 Å². The second-order valence-corrected chi connectivity index (χ2v) is 7.56. The van der Waals surface area contributed by atoms with E-state index in [9.17, 15) is 9.90 Å². The predicted molar refractivity (Wildman–Crippen MR) is 81.2 cm³/mol. The zero-order chi connectivity index (χ0) is 15.3. The number of carbonyl (C=O) groups is 1. The number of likely N-dealkylation sites (N-methyl/N-ethyl adjacent to an activating group) is 1. The maximum Gasteiger partial charge on any atom is 0.174 e. The number of ketones is 1. The molecule has 0 amide bonds. The lowest BCUT2D eigenvalue weighted by molar-refractivity contribution is -0.185. The van der Waals surface area contributed by atoms with Crippen LogP contribution in [0.4, 0.5) is 0 Å². The van der Waals surface area contributed by atoms with Crippen LogP contribution in [0.3, 0.4) is 0 Å². The highest BCUT2D eigenvalue weighted by atomic mass is 16.5. The molecule has 4 nitrogen and oxygen atoms in total. The van der Waals surface area contributed by atoms with Gasteiger partial charge in [0, 0.05) is 18.0 Å². The number of aliphatic hydroxyl groups is 1. The average molecular weight is 299 g/mol. The van der Waals surface area contributed by atoms with Crippen LogP contribution in [0.1, 0.15) is 36.0 Å². The number of likely N-dealkylation sites (tertiary alicyclic amines) is 1. The van der Waals surface area contributed by atoms with Gasteiger partial charge >= 0.3 is 0 Å². The Morgan fingerprint density at radius 1 is 1.36 bits per heavy atom. The van der Waals surface area contributed by atoms with Gasteiger partial charge in [0.1, 0.15) is 5.75 Å². The summed E-state index contributed by atoms with van der Waals surface area (Å²) in [5.74, 6) is 1.04. The molecule has 2 unspecified atom stereocenters. The fourth-order valence-electron chi connectivity index (χ4n) is 5.68. The van der Waals surface area contributed by atoms with E-state index in [4.69, 9.17) is 4.74 Å². The standard InChI is InChI=1S/C18H21NO3/c1-10-3-4-11-9-13-18(21)6-5-12(20)16-17(18,7-8-19(13)2)14(11)15(10)22-16/h3-4,13,16,21H,5-9H2,1-2H3/t13-,16?,17+,18?/m1/s1. The van der Waals surface area contributed by atoms with E-state index in [1.807, 2.05) is 6.92 Å². The number of aryl methyl sites for hydroxylation is 1. The monoisotopic (exact) mass is 299 g/mol. The molecular weight excluding hydrogens is 278 g/mol. The van der Waals surface area contributed by atoms with Crippen LogP contribution >= 0.6 is 0 Å². The lowest BCUT2D eigenvalue weighted by atomic mass is 9.49. The van der Waals surface area contributed by atoms with Crippen molar-refractivity contribution in [1.82, 2.24) is 4.90 Å². The number of piperidine rings is 1. The van der Waals surface area contributed by atoms with Gasteiger partial charge in [0.2, 0.25) is 0 Å². The molecular formula is C18H21NO3. The van der Waals surface area contributed by atoms with Crippen LogP contribution in [-0.2, 0) is 16.6 Å². The summed E-state index contributed by atoms with van der Waals surface area (Å²) in [5, 5.41) is 11.7. The van der Waals surface area contributed by atoms with Crippen molar-refractivity contribution < 1.29 is 14.6 Å². The van der Waals surface area contributed by atoms with Gasteiger partial charge in [-0.2, -0.15) is 0 Å². The van der Waals surface area contributed by atoms with Gasteiger partial charge in [-0.1, -0.05) is 12.1 Å². The molecule has 4 atom stereocenters. The number of ether oxygens (including phenoxy) is 1. The molecule has 4 heteroatoms. The summed E-state index contributed by atoms with van der Waals surface area (Å²) in [4.78, 5) is 14.9. The molecule has 2 bridgehead atoms. The van der Waals surface area contributed by atoms with Gasteiger partial charge < -0.3 is 14.7 Å². The molecule has 1 aromatic rings. The molecule has 22 heavy (non-hydrogen) atoms. The summed E-state index contributed by atoms with van der Waals surface area (Å²) < 4.78 is 6.19. The lowest BCUT2D eigenvalue weighted by Crippen LogP contribution is -2.76. The van der Waals surface area contributed by atoms with Gasteiger partial charge in [-0.15, -0.1) is 0 Å². The van der Waals surface area contributed by atoms with E-state index < -0.39 is 17.1 Å². The van der Waals surface area contributed by atoms with Crippen LogP contribution < -0.4 is 4.74 Å². The summed E-state index contributed by atoms with van der Waals surface area (Å²) in [5.41, 5.74) is 2.13. The van der Waals surface area contributed by atoms with Crippen molar-refractivity contribution in [3.05, 3.63) is 28.8 Å². The largest absolute Gasteiger partial charge is 0.481 e. The van der Waals surface area contributed by atoms with Crippen molar-refractivity contribution in [3.63, 3.8) is 0 Å². The first-order chi connectivity index (χ1) is 10.5. The molecule has 2 fully saturated rings. The molecule has 116 valence electrons. The molecule has 0 radical (unpaired) electrons. The second kappa shape index (κ2) is 3.74. The van der Waals surface area contributed by atoms with Crippen LogP contribution in [0.2, 0.25) is 0 Å². The summed E-state index contributed by atoms with van der Waals surface area (Å²) in [6.45, 7) is 2.95. The quantitative estimate of drug-likeness (QED) is 0.785. The third kappa shape index (κ3) is 1.16. The number of carbonyl (C=O) groups excluding carboxylic acids is 1. The molecule has 1 saturated heterocycles. The van der Waals surface area contributed by atoms with Gasteiger partial charge in [-0.25, -0.2) is 0 Å². The fraction of sp³-hybridized carbons (Fsp3) is 0.611. The predicted octanol–water partition coefficient (Wildman–Crippen LogP) is 1.35. The maximum atomic E-state index is 12.6. The molecule has 2 heterocycles. The molecule has 5 rings (SSSR count). The van der Waals surface area contributed by atoms with Gasteiger partial charge in [0.15, 0.2) is 11.9 Å². The average Bonchev–Trinajstić information content (AvgIpc) is 2.85. The summed E-state index contributed by atoms with van der Waals surface area (Å²) in [7, 11) is 2.09. The summed E-state index contributed by atoms with van der Waals surface area (Å²) in [6, 6.07) is 4.35. The zero-order valence-corrected chi connectivity index (χ0v) is 13.1. The fourth-order valence-corrected chi connectivity index (χ4v) is 5.68. The van der Waals surface area contributed by atoms with Crippen molar-refractivity contribution in [2.45, 2.75) is 55.8 Å². The zero-order valence-electron chi connectivity index (χ0n) is 13.1. The lowest BCUT2D eigenvalue weighted by Gasteiger charge is -2.62. The first-order valence-corrected chi connectivity index (χ1v) is 8.24. The topological polar surface area (TPSA) is 49.8 Å². The molecule has 1 aromatic carbocycles. The number of hydrogen-bond donors (Lipinski definition) is 1. The smallest absolute Gasteiger partial charge is 0.174 e. The van der Waals surface area contributed by atoms with Gasteiger partial charge in [0.25, 0.3) is 0 Å². The van der Waals surface area contributed by atoms with Gasteiger partial charge in [-0.3, -0.25) is 4.79 Å². The van der Waals surface area contributed by atoms with Crippen LogP contribution in [0, 0.1) is 6.92 Å². The van der Waals surface area contributed by atoms with E-state index in [0.29, 0.717) is 12.8 Å². The van der Waals surface area contributed by atoms with E-state index >= 15 is 0 Å². The Kier molecular flexibility index (Phi) is 2.23. The molecule has 1 N–H and O–H groups in total. The highest BCUT2D eigenvalue weighted by molar-refractivity contribution is 5.89. The third-order valence-electron chi connectivity index (χ3n) is 6.74. The van der Waals surface area contributed by atoms with Crippen LogP contribution in [0.25, 0.3) is 0 Å². The van der Waals surface area contributed by atoms with E-state index in [-0.39, 0.29) is 11.8 Å². The Morgan fingerprint density at radius 2 is 2.18 bits per heavy atom. The minimum atomic E-state index is -0.843. The molecule has 1 spiro atoms. The first kappa shape index (κ1) is 13.1. The number of Topliss-reactive ketones (excluding diaryl/α,β-unsaturated/α-hetero) is 1. The SMILES string of the molecule is Cc1ccc2c3c1OC1C(=O)CCC4(O)[C@@H](C2)N(C)CC[C@]314. The third-order valence-corrected chi connectivity index (χ3v) is 6.74. The molecule has 2 aliphatic carbocycles. The van der Waals surface area contributed by atoms with Crippen molar-refractivity contribution in [1.29, 1.82) is 0 Å². The van der Waals surface area contributed by atoms with Gasteiger partial charge in [-0.05, 0) is 50.9 Å².